The number of nitrogens with two attached hydrogens (primary N) is 1. The fourth-order valence-electron chi connectivity index (χ4n) is 1.99. The van der Waals surface area contributed by atoms with Crippen molar-refractivity contribution in [2.75, 3.05) is 5.73 Å². The van der Waals surface area contributed by atoms with Gasteiger partial charge in [-0.1, -0.05) is 11.3 Å². The van der Waals surface area contributed by atoms with Crippen molar-refractivity contribution in [1.82, 2.24) is 14.6 Å². The Morgan fingerprint density at radius 1 is 1.33 bits per heavy atom. The van der Waals surface area contributed by atoms with Crippen molar-refractivity contribution in [1.29, 1.82) is 0 Å². The lowest BCUT2D eigenvalue weighted by molar-refractivity contribution is 0.302. The molecule has 2 aromatic heterocycles. The number of ether oxygens (including phenoxy) is 1. The molecule has 0 aliphatic heterocycles. The lowest BCUT2D eigenvalue weighted by Crippen LogP contribution is -2.14. The number of hydrogen-bond acceptors (Lipinski definition) is 6. The number of aromatic nitrogens is 3. The van der Waals surface area contributed by atoms with Gasteiger partial charge >= 0.3 is 0 Å². The van der Waals surface area contributed by atoms with Crippen LogP contribution in [-0.4, -0.2) is 14.6 Å². The van der Waals surface area contributed by atoms with Gasteiger partial charge in [0.25, 0.3) is 5.56 Å². The third-order valence-corrected chi connectivity index (χ3v) is 3.85. The van der Waals surface area contributed by atoms with E-state index in [9.17, 15) is 4.79 Å². The van der Waals surface area contributed by atoms with E-state index in [0.29, 0.717) is 21.3 Å². The molecule has 21 heavy (non-hydrogen) atoms. The van der Waals surface area contributed by atoms with E-state index in [0.717, 1.165) is 11.3 Å². The van der Waals surface area contributed by atoms with Crippen LogP contribution in [-0.2, 0) is 6.61 Å². The molecule has 2 heterocycles. The molecule has 0 bridgehead atoms. The molecule has 0 amide bonds. The number of nitrogens with zero attached hydrogens (tertiary/aromatic N) is 3. The molecule has 3 rings (SSSR count). The zero-order valence-electron chi connectivity index (χ0n) is 11.7. The summed E-state index contributed by atoms with van der Waals surface area (Å²) in [6.45, 7) is 4.01. The summed E-state index contributed by atoms with van der Waals surface area (Å²) in [6, 6.07) is 6.92. The molecule has 0 aliphatic rings. The van der Waals surface area contributed by atoms with Gasteiger partial charge in [-0.05, 0) is 37.6 Å². The molecular weight excluding hydrogens is 288 g/mol. The molecule has 108 valence electrons. The molecule has 7 heteroatoms. The number of hydrogen-bond donors (Lipinski definition) is 1. The highest BCUT2D eigenvalue weighted by Crippen LogP contribution is 2.22. The first kappa shape index (κ1) is 13.6. The zero-order valence-corrected chi connectivity index (χ0v) is 12.5. The smallest absolute Gasteiger partial charge is 0.275 e. The quantitative estimate of drug-likeness (QED) is 0.747. The Kier molecular flexibility index (Phi) is 3.34. The van der Waals surface area contributed by atoms with Gasteiger partial charge in [-0.25, -0.2) is 4.98 Å². The molecule has 0 radical (unpaired) electrons. The molecule has 0 spiro atoms. The Balaban J connectivity index is 1.85. The van der Waals surface area contributed by atoms with E-state index in [1.165, 1.54) is 21.9 Å². The van der Waals surface area contributed by atoms with E-state index >= 15 is 0 Å². The summed E-state index contributed by atoms with van der Waals surface area (Å²) in [6.07, 6.45) is 0. The highest BCUT2D eigenvalue weighted by atomic mass is 32.1. The highest BCUT2D eigenvalue weighted by Gasteiger charge is 2.09. The fourth-order valence-corrected chi connectivity index (χ4v) is 2.85. The molecule has 0 aliphatic carbocycles. The molecule has 0 saturated carbocycles. The van der Waals surface area contributed by atoms with E-state index in [1.54, 1.807) is 13.0 Å². The second kappa shape index (κ2) is 5.17. The van der Waals surface area contributed by atoms with Gasteiger partial charge in [0, 0.05) is 17.4 Å². The molecule has 3 aromatic rings. The van der Waals surface area contributed by atoms with E-state index in [1.807, 2.05) is 19.1 Å². The summed E-state index contributed by atoms with van der Waals surface area (Å²) in [5, 5.41) is 4.92. The SMILES string of the molecule is Cc1cc(=O)n2nc(COc3ccc(N)cc3C)sc2n1. The molecule has 0 unspecified atom stereocenters. The summed E-state index contributed by atoms with van der Waals surface area (Å²) in [5.74, 6) is 0.750. The predicted octanol–water partition coefficient (Wildman–Crippen LogP) is 1.93. The molecule has 0 fully saturated rings. The van der Waals surface area contributed by atoms with Gasteiger partial charge in [0.15, 0.2) is 5.01 Å². The zero-order chi connectivity index (χ0) is 15.0. The summed E-state index contributed by atoms with van der Waals surface area (Å²) < 4.78 is 7.02. The van der Waals surface area contributed by atoms with Gasteiger partial charge in [-0.3, -0.25) is 4.79 Å². The van der Waals surface area contributed by atoms with Crippen LogP contribution in [0, 0.1) is 13.8 Å². The van der Waals surface area contributed by atoms with Crippen LogP contribution in [0.3, 0.4) is 0 Å². The van der Waals surface area contributed by atoms with E-state index in [2.05, 4.69) is 10.1 Å². The van der Waals surface area contributed by atoms with Crippen molar-refractivity contribution in [2.45, 2.75) is 20.5 Å². The monoisotopic (exact) mass is 302 g/mol. The van der Waals surface area contributed by atoms with Crippen LogP contribution in [0.5, 0.6) is 5.75 Å². The number of anilines is 1. The van der Waals surface area contributed by atoms with Crippen LogP contribution in [0.25, 0.3) is 4.96 Å². The number of aryl methyl sites for hydroxylation is 2. The van der Waals surface area contributed by atoms with Crippen molar-refractivity contribution < 1.29 is 4.74 Å². The second-order valence-corrected chi connectivity index (χ2v) is 5.78. The molecule has 1 aromatic carbocycles. The number of fused-ring (bicyclic) bond motifs is 1. The van der Waals surface area contributed by atoms with Crippen LogP contribution in [0.15, 0.2) is 29.1 Å². The van der Waals surface area contributed by atoms with Crippen molar-refractivity contribution >= 4 is 22.0 Å². The molecule has 6 nitrogen and oxygen atoms in total. The van der Waals surface area contributed by atoms with Crippen molar-refractivity contribution in [3.63, 3.8) is 0 Å². The number of nitrogen functional groups attached to an aromatic ring is 1. The maximum absolute atomic E-state index is 11.8. The molecule has 0 atom stereocenters. The van der Waals surface area contributed by atoms with Gasteiger partial charge in [0.2, 0.25) is 4.96 Å². The average Bonchev–Trinajstić information content (AvgIpc) is 2.81. The van der Waals surface area contributed by atoms with Gasteiger partial charge in [-0.15, -0.1) is 0 Å². The maximum Gasteiger partial charge on any atom is 0.275 e. The Morgan fingerprint density at radius 2 is 2.14 bits per heavy atom. The van der Waals surface area contributed by atoms with Crippen LogP contribution < -0.4 is 16.0 Å². The van der Waals surface area contributed by atoms with E-state index in [-0.39, 0.29) is 12.2 Å². The van der Waals surface area contributed by atoms with Crippen molar-refractivity contribution in [2.24, 2.45) is 0 Å². The molecule has 2 N–H and O–H groups in total. The summed E-state index contributed by atoms with van der Waals surface area (Å²) in [4.78, 5) is 16.7. The lowest BCUT2D eigenvalue weighted by Gasteiger charge is -2.07. The van der Waals surface area contributed by atoms with Crippen LogP contribution >= 0.6 is 11.3 Å². The lowest BCUT2D eigenvalue weighted by atomic mass is 10.2. The first-order valence-corrected chi connectivity index (χ1v) is 7.20. The average molecular weight is 302 g/mol. The van der Waals surface area contributed by atoms with E-state index < -0.39 is 0 Å². The minimum Gasteiger partial charge on any atom is -0.486 e. The summed E-state index contributed by atoms with van der Waals surface area (Å²) >= 11 is 1.34. The summed E-state index contributed by atoms with van der Waals surface area (Å²) in [7, 11) is 0. The van der Waals surface area contributed by atoms with Gasteiger partial charge in [0.05, 0.1) is 0 Å². The Labute approximate surface area is 124 Å². The van der Waals surface area contributed by atoms with Crippen LogP contribution in [0.2, 0.25) is 0 Å². The minimum absolute atomic E-state index is 0.177. The Morgan fingerprint density at radius 3 is 2.90 bits per heavy atom. The first-order chi connectivity index (χ1) is 10.0. The van der Waals surface area contributed by atoms with Crippen LogP contribution in [0.1, 0.15) is 16.3 Å². The van der Waals surface area contributed by atoms with Gasteiger partial charge < -0.3 is 10.5 Å². The standard InChI is InChI=1S/C14H14N4O2S/c1-8-5-10(15)3-4-11(8)20-7-12-17-18-13(19)6-9(2)16-14(18)21-12/h3-6H,7,15H2,1-2H3. The maximum atomic E-state index is 11.8. The number of rotatable bonds is 3. The third kappa shape index (κ3) is 2.73. The van der Waals surface area contributed by atoms with Crippen LogP contribution in [0.4, 0.5) is 5.69 Å². The largest absolute Gasteiger partial charge is 0.486 e. The third-order valence-electron chi connectivity index (χ3n) is 2.97. The van der Waals surface area contributed by atoms with E-state index in [4.69, 9.17) is 10.5 Å². The molecular formula is C14H14N4O2S. The normalized spacial score (nSPS) is 11.0. The minimum atomic E-state index is -0.177. The van der Waals surface area contributed by atoms with Gasteiger partial charge in [-0.2, -0.15) is 9.61 Å². The van der Waals surface area contributed by atoms with Gasteiger partial charge in [0.1, 0.15) is 12.4 Å². The molecule has 0 saturated heterocycles. The topological polar surface area (TPSA) is 82.5 Å². The predicted molar refractivity (Wildman–Crippen MR) is 81.8 cm³/mol. The highest BCUT2D eigenvalue weighted by molar-refractivity contribution is 7.16. The summed E-state index contributed by atoms with van der Waals surface area (Å²) in [5.41, 5.74) is 7.87. The fraction of sp³-hybridized carbons (Fsp3) is 0.214. The van der Waals surface area contributed by atoms with Crippen molar-refractivity contribution in [3.8, 4) is 5.75 Å². The second-order valence-electron chi connectivity index (χ2n) is 4.74. The number of benzene rings is 1. The first-order valence-electron chi connectivity index (χ1n) is 6.38. The Bertz CT molecular complexity index is 869. The Hall–Kier alpha value is -2.41. The van der Waals surface area contributed by atoms with Crippen molar-refractivity contribution in [3.05, 3.63) is 50.9 Å².